The van der Waals surface area contributed by atoms with Crippen molar-refractivity contribution < 1.29 is 23.9 Å². The second-order valence-corrected chi connectivity index (χ2v) is 7.98. The Morgan fingerprint density at radius 2 is 2.00 bits per heavy atom. The van der Waals surface area contributed by atoms with Crippen LogP contribution in [0.3, 0.4) is 0 Å². The Hall–Kier alpha value is -2.71. The molecule has 31 heavy (non-hydrogen) atoms. The molecule has 2 saturated heterocycles. The molecule has 2 aliphatic heterocycles. The second-order valence-electron chi connectivity index (χ2n) is 7.98. The Morgan fingerprint density at radius 3 is 2.65 bits per heavy atom. The van der Waals surface area contributed by atoms with Crippen molar-refractivity contribution in [2.45, 2.75) is 38.3 Å². The van der Waals surface area contributed by atoms with Gasteiger partial charge in [0.15, 0.2) is 0 Å². The molecule has 8 heteroatoms. The molecule has 0 aliphatic carbocycles. The lowest BCUT2D eigenvalue weighted by Gasteiger charge is -2.39. The number of rotatable bonds is 8. The largest absolute Gasteiger partial charge is 0.414 e. The fourth-order valence-corrected chi connectivity index (χ4v) is 3.57. The number of epoxide rings is 1. The van der Waals surface area contributed by atoms with Gasteiger partial charge in [-0.25, -0.2) is 9.59 Å². The molecular formula is C23H31N3O5. The van der Waals surface area contributed by atoms with Gasteiger partial charge in [0.25, 0.3) is 11.5 Å². The summed E-state index contributed by atoms with van der Waals surface area (Å²) in [6, 6.07) is 10.2. The van der Waals surface area contributed by atoms with Crippen molar-refractivity contribution in [1.29, 1.82) is 0 Å². The number of nitrogens with zero attached hydrogens (tertiary/aromatic N) is 2. The Kier molecular flexibility index (Phi) is 7.81. The Balaban J connectivity index is 1.48. The van der Waals surface area contributed by atoms with Crippen molar-refractivity contribution in [2.75, 3.05) is 39.3 Å². The van der Waals surface area contributed by atoms with Gasteiger partial charge in [-0.1, -0.05) is 55.8 Å². The summed E-state index contributed by atoms with van der Waals surface area (Å²) in [5.41, 5.74) is -0.522. The van der Waals surface area contributed by atoms with E-state index < -0.39 is 23.6 Å². The first-order valence-electron chi connectivity index (χ1n) is 10.9. The van der Waals surface area contributed by atoms with E-state index in [2.05, 4.69) is 41.4 Å². The lowest BCUT2D eigenvalue weighted by Crippen LogP contribution is -2.57. The Morgan fingerprint density at radius 1 is 1.26 bits per heavy atom. The summed E-state index contributed by atoms with van der Waals surface area (Å²) in [7, 11) is 0. The summed E-state index contributed by atoms with van der Waals surface area (Å²) < 4.78 is 10.0. The summed E-state index contributed by atoms with van der Waals surface area (Å²) in [6.07, 6.45) is 5.05. The zero-order chi connectivity index (χ0) is 22.3. The van der Waals surface area contributed by atoms with Crippen LogP contribution in [0.25, 0.3) is 6.08 Å². The predicted octanol–water partition coefficient (Wildman–Crippen LogP) is 2.05. The van der Waals surface area contributed by atoms with Crippen LogP contribution in [0.1, 0.15) is 32.3 Å². The van der Waals surface area contributed by atoms with Crippen LogP contribution < -0.4 is 5.32 Å². The number of esters is 1. The minimum atomic E-state index is -1.67. The first-order chi connectivity index (χ1) is 15.0. The van der Waals surface area contributed by atoms with E-state index in [0.29, 0.717) is 26.2 Å². The molecule has 8 nitrogen and oxygen atoms in total. The first kappa shape index (κ1) is 23.0. The van der Waals surface area contributed by atoms with Gasteiger partial charge in [-0.3, -0.25) is 9.69 Å². The summed E-state index contributed by atoms with van der Waals surface area (Å²) in [4.78, 5) is 41.0. The number of alkyl carbamates (subject to hydrolysis) is 1. The highest BCUT2D eigenvalue weighted by Gasteiger charge is 2.63. The van der Waals surface area contributed by atoms with Crippen LogP contribution in [0.5, 0.6) is 0 Å². The fraction of sp³-hybridized carbons (Fsp3) is 0.522. The lowest BCUT2D eigenvalue weighted by molar-refractivity contribution is -0.154. The standard InChI is InChI=1S/C23H31N3O5/c1-3-4-12-24-22(29)31-21(28)23(17-30-23)20(27)26-15-14-25(18(2)16-26)13-8-11-19-9-6-5-7-10-19/h5-11,18H,3-4,12-17H2,1-2H3,(H,24,29). The molecule has 0 bridgehead atoms. The van der Waals surface area contributed by atoms with Gasteiger partial charge in [0.1, 0.15) is 0 Å². The van der Waals surface area contributed by atoms with Crippen molar-refractivity contribution in [1.82, 2.24) is 15.1 Å². The molecule has 0 saturated carbocycles. The number of nitrogens with one attached hydrogen (secondary N) is 1. The number of piperazine rings is 1. The molecule has 168 valence electrons. The molecule has 2 aliphatic rings. The van der Waals surface area contributed by atoms with Crippen LogP contribution in [-0.2, 0) is 19.1 Å². The zero-order valence-electron chi connectivity index (χ0n) is 18.2. The van der Waals surface area contributed by atoms with Crippen LogP contribution in [0.2, 0.25) is 0 Å². The van der Waals surface area contributed by atoms with Crippen LogP contribution in [-0.4, -0.2) is 78.7 Å². The monoisotopic (exact) mass is 429 g/mol. The van der Waals surface area contributed by atoms with Gasteiger partial charge in [0, 0.05) is 38.8 Å². The number of ether oxygens (including phenoxy) is 2. The third-order valence-corrected chi connectivity index (χ3v) is 5.60. The van der Waals surface area contributed by atoms with Crippen molar-refractivity contribution >= 4 is 24.0 Å². The molecule has 0 spiro atoms. The SMILES string of the molecule is CCCCNC(=O)OC(=O)C1(C(=O)N2CCN(CC=Cc3ccccc3)C(C)C2)CO1. The van der Waals surface area contributed by atoms with Crippen molar-refractivity contribution in [2.24, 2.45) is 0 Å². The van der Waals surface area contributed by atoms with Gasteiger partial charge >= 0.3 is 12.1 Å². The molecule has 0 aromatic heterocycles. The maximum absolute atomic E-state index is 13.0. The summed E-state index contributed by atoms with van der Waals surface area (Å²) in [5, 5.41) is 2.50. The smallest absolute Gasteiger partial charge is 0.374 e. The van der Waals surface area contributed by atoms with Gasteiger partial charge in [-0.15, -0.1) is 0 Å². The van der Waals surface area contributed by atoms with E-state index >= 15 is 0 Å². The van der Waals surface area contributed by atoms with E-state index in [1.54, 1.807) is 4.90 Å². The maximum Gasteiger partial charge on any atom is 0.414 e. The maximum atomic E-state index is 13.0. The quantitative estimate of drug-likeness (QED) is 0.294. The molecule has 2 atom stereocenters. The average Bonchev–Trinajstić information content (AvgIpc) is 3.57. The summed E-state index contributed by atoms with van der Waals surface area (Å²) >= 11 is 0. The second kappa shape index (κ2) is 10.5. The molecule has 1 aromatic carbocycles. The number of benzene rings is 1. The summed E-state index contributed by atoms with van der Waals surface area (Å²) in [6.45, 7) is 6.85. The van der Waals surface area contributed by atoms with Crippen LogP contribution in [0, 0.1) is 0 Å². The average molecular weight is 430 g/mol. The summed E-state index contributed by atoms with van der Waals surface area (Å²) in [5.74, 6) is -1.36. The highest BCUT2D eigenvalue weighted by molar-refractivity contribution is 6.11. The minimum Gasteiger partial charge on any atom is -0.374 e. The van der Waals surface area contributed by atoms with Crippen LogP contribution >= 0.6 is 0 Å². The molecule has 3 rings (SSSR count). The van der Waals surface area contributed by atoms with Crippen LogP contribution in [0.4, 0.5) is 4.79 Å². The van der Waals surface area contributed by atoms with E-state index in [1.807, 2.05) is 25.1 Å². The third-order valence-electron chi connectivity index (χ3n) is 5.60. The molecule has 0 radical (unpaired) electrons. The molecule has 2 heterocycles. The topological polar surface area (TPSA) is 91.5 Å². The molecule has 2 fully saturated rings. The first-order valence-corrected chi connectivity index (χ1v) is 10.9. The Labute approximate surface area is 183 Å². The van der Waals surface area contributed by atoms with Gasteiger partial charge in [-0.2, -0.15) is 0 Å². The molecule has 2 amide bonds. The van der Waals surface area contributed by atoms with Crippen LogP contribution in [0.15, 0.2) is 36.4 Å². The lowest BCUT2D eigenvalue weighted by atomic mass is 10.1. The van der Waals surface area contributed by atoms with Gasteiger partial charge < -0.3 is 19.7 Å². The molecule has 1 aromatic rings. The fourth-order valence-electron chi connectivity index (χ4n) is 3.57. The number of carbonyl (C=O) groups is 3. The van der Waals surface area contributed by atoms with Gasteiger partial charge in [0.2, 0.25) is 0 Å². The van der Waals surface area contributed by atoms with E-state index in [4.69, 9.17) is 9.47 Å². The molecule has 2 unspecified atom stereocenters. The number of hydrogen-bond acceptors (Lipinski definition) is 6. The third kappa shape index (κ3) is 5.92. The van der Waals surface area contributed by atoms with E-state index in [0.717, 1.165) is 24.9 Å². The van der Waals surface area contributed by atoms with Crippen molar-refractivity contribution in [3.63, 3.8) is 0 Å². The van der Waals surface area contributed by atoms with E-state index in [-0.39, 0.29) is 12.6 Å². The van der Waals surface area contributed by atoms with Gasteiger partial charge in [-0.05, 0) is 18.9 Å². The molecule has 1 N–H and O–H groups in total. The van der Waals surface area contributed by atoms with Gasteiger partial charge in [0.05, 0.1) is 6.61 Å². The van der Waals surface area contributed by atoms with Crippen molar-refractivity contribution in [3.05, 3.63) is 42.0 Å². The normalized spacial score (nSPS) is 23.5. The molecular weight excluding hydrogens is 398 g/mol. The zero-order valence-corrected chi connectivity index (χ0v) is 18.2. The number of carbonyl (C=O) groups excluding carboxylic acids is 3. The predicted molar refractivity (Wildman–Crippen MR) is 116 cm³/mol. The number of unbranched alkanes of at least 4 members (excludes halogenated alkanes) is 1. The highest BCUT2D eigenvalue weighted by atomic mass is 16.7. The number of hydrogen-bond donors (Lipinski definition) is 1. The minimum absolute atomic E-state index is 0.0543. The number of amides is 2. The Bertz CT molecular complexity index is 807. The van der Waals surface area contributed by atoms with Crippen molar-refractivity contribution in [3.8, 4) is 0 Å². The van der Waals surface area contributed by atoms with E-state index in [1.165, 1.54) is 0 Å². The van der Waals surface area contributed by atoms with E-state index in [9.17, 15) is 14.4 Å². The highest BCUT2D eigenvalue weighted by Crippen LogP contribution is 2.32.